The van der Waals surface area contributed by atoms with E-state index in [1.54, 1.807) is 29.2 Å². The molecular formula is C22H29N3O4. The highest BCUT2D eigenvalue weighted by atomic mass is 16.4. The molecule has 29 heavy (non-hydrogen) atoms. The first-order chi connectivity index (χ1) is 13.9. The van der Waals surface area contributed by atoms with Crippen LogP contribution in [0.15, 0.2) is 24.3 Å². The first kappa shape index (κ1) is 19.7. The number of hydrogen-bond acceptors (Lipinski definition) is 3. The van der Waals surface area contributed by atoms with Crippen LogP contribution in [0.4, 0.5) is 10.5 Å². The fraction of sp³-hybridized carbons (Fsp3) is 0.591. The molecule has 156 valence electrons. The highest BCUT2D eigenvalue weighted by Gasteiger charge is 2.55. The number of amides is 3. The van der Waals surface area contributed by atoms with Gasteiger partial charge in [0.1, 0.15) is 0 Å². The predicted octanol–water partition coefficient (Wildman–Crippen LogP) is 3.42. The van der Waals surface area contributed by atoms with E-state index in [-0.39, 0.29) is 30.4 Å². The second-order valence-corrected chi connectivity index (χ2v) is 8.78. The zero-order valence-electron chi connectivity index (χ0n) is 16.9. The summed E-state index contributed by atoms with van der Waals surface area (Å²) >= 11 is 0. The summed E-state index contributed by atoms with van der Waals surface area (Å²) in [5, 5.41) is 12.5. The highest BCUT2D eigenvalue weighted by molar-refractivity contribution is 5.96. The molecule has 2 N–H and O–H groups in total. The molecule has 3 atom stereocenters. The van der Waals surface area contributed by atoms with Crippen LogP contribution in [0.2, 0.25) is 0 Å². The summed E-state index contributed by atoms with van der Waals surface area (Å²) in [6, 6.07) is 6.95. The van der Waals surface area contributed by atoms with Crippen LogP contribution in [0.25, 0.3) is 0 Å². The first-order valence-electron chi connectivity index (χ1n) is 10.6. The van der Waals surface area contributed by atoms with E-state index in [0.29, 0.717) is 24.2 Å². The van der Waals surface area contributed by atoms with Crippen LogP contribution in [-0.2, 0) is 4.79 Å². The fourth-order valence-electron chi connectivity index (χ4n) is 5.26. The molecule has 3 aliphatic rings. The number of benzene rings is 1. The van der Waals surface area contributed by atoms with Crippen molar-refractivity contribution < 1.29 is 19.5 Å². The summed E-state index contributed by atoms with van der Waals surface area (Å²) in [4.78, 5) is 40.7. The number of piperidine rings is 1. The Hall–Kier alpha value is -2.57. The minimum absolute atomic E-state index is 0.0332. The van der Waals surface area contributed by atoms with Crippen LogP contribution >= 0.6 is 0 Å². The van der Waals surface area contributed by atoms with Gasteiger partial charge < -0.3 is 20.2 Å². The van der Waals surface area contributed by atoms with Crippen molar-refractivity contribution in [1.29, 1.82) is 0 Å². The van der Waals surface area contributed by atoms with E-state index >= 15 is 0 Å². The lowest BCUT2D eigenvalue weighted by Crippen LogP contribution is -2.42. The molecule has 1 aliphatic carbocycles. The van der Waals surface area contributed by atoms with Crippen molar-refractivity contribution in [2.75, 3.05) is 25.0 Å². The van der Waals surface area contributed by atoms with Crippen LogP contribution in [0.5, 0.6) is 0 Å². The number of carbonyl (C=O) groups is 3. The number of urea groups is 1. The molecule has 2 heterocycles. The molecule has 0 spiro atoms. The van der Waals surface area contributed by atoms with Crippen LogP contribution in [-0.4, -0.2) is 58.5 Å². The second kappa shape index (κ2) is 7.69. The minimum Gasteiger partial charge on any atom is -0.481 e. The Morgan fingerprint density at radius 3 is 2.52 bits per heavy atom. The number of carboxylic acid groups (broad SMARTS) is 1. The Bertz CT molecular complexity index is 809. The summed E-state index contributed by atoms with van der Waals surface area (Å²) in [6.45, 7) is 3.63. The van der Waals surface area contributed by atoms with Gasteiger partial charge in [0.25, 0.3) is 5.91 Å². The van der Waals surface area contributed by atoms with E-state index < -0.39 is 11.4 Å². The van der Waals surface area contributed by atoms with Gasteiger partial charge in [-0.05, 0) is 69.2 Å². The number of carbonyl (C=O) groups excluding carboxylic acids is 2. The lowest BCUT2D eigenvalue weighted by molar-refractivity contribution is -0.149. The van der Waals surface area contributed by atoms with E-state index in [0.717, 1.165) is 38.6 Å². The normalized spacial score (nSPS) is 28.9. The molecule has 4 rings (SSSR count). The van der Waals surface area contributed by atoms with E-state index in [2.05, 4.69) is 12.2 Å². The molecule has 3 amide bonds. The van der Waals surface area contributed by atoms with Crippen molar-refractivity contribution in [1.82, 2.24) is 9.80 Å². The molecule has 1 aromatic rings. The van der Waals surface area contributed by atoms with Gasteiger partial charge in [-0.3, -0.25) is 9.59 Å². The molecule has 0 aromatic heterocycles. The minimum atomic E-state index is -0.787. The quantitative estimate of drug-likeness (QED) is 0.815. The van der Waals surface area contributed by atoms with Gasteiger partial charge in [-0.15, -0.1) is 0 Å². The largest absolute Gasteiger partial charge is 0.481 e. The second-order valence-electron chi connectivity index (χ2n) is 8.78. The van der Waals surface area contributed by atoms with E-state index in [4.69, 9.17) is 0 Å². The van der Waals surface area contributed by atoms with Crippen molar-refractivity contribution in [3.05, 3.63) is 29.8 Å². The number of hydrogen-bond donors (Lipinski definition) is 2. The van der Waals surface area contributed by atoms with E-state index in [1.807, 2.05) is 4.90 Å². The molecule has 7 nitrogen and oxygen atoms in total. The Morgan fingerprint density at radius 2 is 1.86 bits per heavy atom. The number of rotatable bonds is 3. The standard InChI is InChI=1S/C22H29N3O4/c1-15-5-2-3-12-25(15)19(26)16-7-9-18(10-8-16)23-21(29)24-13-17-6-4-11-22(17,14-24)20(27)28/h7-10,15,17H,2-6,11-14H2,1H3,(H,23,29)(H,27,28)/t15?,17-,22+/m0/s1. The van der Waals surface area contributed by atoms with Gasteiger partial charge in [0.15, 0.2) is 0 Å². The third-order valence-corrected chi connectivity index (χ3v) is 7.03. The maximum absolute atomic E-state index is 12.7. The number of nitrogens with one attached hydrogen (secondary N) is 1. The van der Waals surface area contributed by atoms with Gasteiger partial charge in [-0.2, -0.15) is 0 Å². The average molecular weight is 399 g/mol. The maximum Gasteiger partial charge on any atom is 0.321 e. The smallest absolute Gasteiger partial charge is 0.321 e. The predicted molar refractivity (Wildman–Crippen MR) is 109 cm³/mol. The number of carboxylic acids is 1. The number of nitrogens with zero attached hydrogens (tertiary/aromatic N) is 2. The molecule has 1 aromatic carbocycles. The van der Waals surface area contributed by atoms with Crippen molar-refractivity contribution in [2.24, 2.45) is 11.3 Å². The number of likely N-dealkylation sites (tertiary alicyclic amines) is 2. The van der Waals surface area contributed by atoms with E-state index in [9.17, 15) is 19.5 Å². The Labute approximate surface area is 171 Å². The van der Waals surface area contributed by atoms with Crippen LogP contribution in [0.3, 0.4) is 0 Å². The van der Waals surface area contributed by atoms with Crippen molar-refractivity contribution in [3.8, 4) is 0 Å². The maximum atomic E-state index is 12.7. The number of anilines is 1. The lowest BCUT2D eigenvalue weighted by Gasteiger charge is -2.33. The zero-order valence-corrected chi connectivity index (χ0v) is 16.9. The molecule has 0 radical (unpaired) electrons. The molecule has 1 saturated carbocycles. The summed E-state index contributed by atoms with van der Waals surface area (Å²) in [5.41, 5.74) is 0.454. The molecule has 7 heteroatoms. The topological polar surface area (TPSA) is 90.0 Å². The van der Waals surface area contributed by atoms with Gasteiger partial charge in [0.2, 0.25) is 0 Å². The Balaban J connectivity index is 1.38. The third kappa shape index (κ3) is 3.58. The molecule has 1 unspecified atom stereocenters. The van der Waals surface area contributed by atoms with Crippen molar-refractivity contribution in [2.45, 2.75) is 51.5 Å². The average Bonchev–Trinajstić information content (AvgIpc) is 3.27. The number of fused-ring (bicyclic) bond motifs is 1. The fourth-order valence-corrected chi connectivity index (χ4v) is 5.26. The van der Waals surface area contributed by atoms with Crippen LogP contribution in [0, 0.1) is 11.3 Å². The van der Waals surface area contributed by atoms with Gasteiger partial charge in [-0.25, -0.2) is 4.79 Å². The van der Waals surface area contributed by atoms with Gasteiger partial charge in [0.05, 0.1) is 5.41 Å². The van der Waals surface area contributed by atoms with Crippen molar-refractivity contribution >= 4 is 23.6 Å². The highest BCUT2D eigenvalue weighted by Crippen LogP contribution is 2.48. The van der Waals surface area contributed by atoms with Gasteiger partial charge in [-0.1, -0.05) is 6.42 Å². The summed E-state index contributed by atoms with van der Waals surface area (Å²) in [5.74, 6) is -0.715. The van der Waals surface area contributed by atoms with E-state index in [1.165, 1.54) is 0 Å². The van der Waals surface area contributed by atoms with Crippen molar-refractivity contribution in [3.63, 3.8) is 0 Å². The van der Waals surface area contributed by atoms with Gasteiger partial charge in [0, 0.05) is 36.9 Å². The van der Waals surface area contributed by atoms with Gasteiger partial charge >= 0.3 is 12.0 Å². The Morgan fingerprint density at radius 1 is 1.10 bits per heavy atom. The first-order valence-corrected chi connectivity index (χ1v) is 10.6. The summed E-state index contributed by atoms with van der Waals surface area (Å²) in [6.07, 6.45) is 5.66. The molecule has 2 saturated heterocycles. The molecule has 2 aliphatic heterocycles. The summed E-state index contributed by atoms with van der Waals surface area (Å²) in [7, 11) is 0. The van der Waals surface area contributed by atoms with Crippen LogP contribution in [0.1, 0.15) is 55.8 Å². The molecule has 0 bridgehead atoms. The molecule has 3 fully saturated rings. The summed E-state index contributed by atoms with van der Waals surface area (Å²) < 4.78 is 0. The monoisotopic (exact) mass is 399 g/mol. The third-order valence-electron chi connectivity index (χ3n) is 7.03. The lowest BCUT2D eigenvalue weighted by atomic mass is 9.81. The zero-order chi connectivity index (χ0) is 20.6. The Kier molecular flexibility index (Phi) is 5.23. The molecular weight excluding hydrogens is 370 g/mol. The SMILES string of the molecule is CC1CCCCN1C(=O)c1ccc(NC(=O)N2C[C@@H]3CCC[C@@]3(C(=O)O)C2)cc1. The van der Waals surface area contributed by atoms with Crippen LogP contribution < -0.4 is 5.32 Å². The number of aliphatic carboxylic acids is 1.